The molecule has 0 saturated carbocycles. The minimum Gasteiger partial charge on any atom is -0.493 e. The van der Waals surface area contributed by atoms with Crippen LogP contribution < -0.4 is 14.5 Å². The second-order valence-electron chi connectivity index (χ2n) is 12.3. The van der Waals surface area contributed by atoms with E-state index in [1.165, 1.54) is 11.3 Å². The third-order valence-corrected chi connectivity index (χ3v) is 10.7. The molecule has 1 N–H and O–H groups in total. The van der Waals surface area contributed by atoms with Crippen LogP contribution in [0.3, 0.4) is 0 Å². The van der Waals surface area contributed by atoms with Crippen LogP contribution in [0.5, 0.6) is 11.5 Å². The van der Waals surface area contributed by atoms with Gasteiger partial charge in [0.05, 0.1) is 14.2 Å². The third-order valence-electron chi connectivity index (χ3n) is 8.98. The van der Waals surface area contributed by atoms with E-state index in [4.69, 9.17) is 42.1 Å². The van der Waals surface area contributed by atoms with E-state index < -0.39 is 17.5 Å². The van der Waals surface area contributed by atoms with Gasteiger partial charge in [-0.1, -0.05) is 59.6 Å². The molecule has 6 rings (SSSR count). The molecule has 48 heavy (non-hydrogen) atoms. The number of hydrogen-bond acceptors (Lipinski definition) is 9. The van der Waals surface area contributed by atoms with Crippen molar-refractivity contribution in [1.29, 1.82) is 0 Å². The molecule has 2 fully saturated rings. The highest BCUT2D eigenvalue weighted by atomic mass is 35.5. The molecule has 0 radical (unpaired) electrons. The fourth-order valence-corrected chi connectivity index (χ4v) is 7.85. The van der Waals surface area contributed by atoms with Gasteiger partial charge in [0, 0.05) is 49.6 Å². The smallest absolute Gasteiger partial charge is 0.348 e. The Morgan fingerprint density at radius 2 is 1.73 bits per heavy atom. The van der Waals surface area contributed by atoms with Crippen molar-refractivity contribution in [2.45, 2.75) is 37.0 Å². The maximum Gasteiger partial charge on any atom is 0.348 e. The Morgan fingerprint density at radius 1 is 1.00 bits per heavy atom. The van der Waals surface area contributed by atoms with Crippen molar-refractivity contribution in [2.24, 2.45) is 0 Å². The van der Waals surface area contributed by atoms with Gasteiger partial charge in [-0.25, -0.2) is 9.78 Å². The van der Waals surface area contributed by atoms with Crippen molar-refractivity contribution in [3.8, 4) is 11.5 Å². The predicted molar refractivity (Wildman–Crippen MR) is 184 cm³/mol. The lowest BCUT2D eigenvalue weighted by atomic mass is 9.73. The zero-order chi connectivity index (χ0) is 33.8. The SMILES string of the molecule is COc1ccc([C@H](Cc2c(Cl)c[nH+]cc2Cl)OC(=O)c2ccc(CN3CC(C(=O)O[C@@H]4CCN(C)C4)(c4ccccc4)C3)s2)cc1OC. The van der Waals surface area contributed by atoms with E-state index in [1.807, 2.05) is 49.5 Å². The number of methoxy groups -OCH3 is 2. The summed E-state index contributed by atoms with van der Waals surface area (Å²) in [7, 11) is 5.16. The molecular weight excluding hydrogens is 673 g/mol. The van der Waals surface area contributed by atoms with Gasteiger partial charge in [0.1, 0.15) is 32.5 Å². The molecule has 0 bridgehead atoms. The predicted octanol–water partition coefficient (Wildman–Crippen LogP) is 6.03. The maximum atomic E-state index is 13.6. The van der Waals surface area contributed by atoms with Gasteiger partial charge < -0.3 is 23.8 Å². The summed E-state index contributed by atoms with van der Waals surface area (Å²) in [5, 5.41) is 0.867. The number of thiophene rings is 1. The average Bonchev–Trinajstić information content (AvgIpc) is 3.72. The first-order valence-electron chi connectivity index (χ1n) is 15.7. The molecule has 4 heterocycles. The summed E-state index contributed by atoms with van der Waals surface area (Å²) in [4.78, 5) is 36.0. The fraction of sp³-hybridized carbons (Fsp3) is 0.361. The van der Waals surface area contributed by atoms with Crippen molar-refractivity contribution in [3.05, 3.63) is 110 Å². The summed E-state index contributed by atoms with van der Waals surface area (Å²) in [6.45, 7) is 3.34. The summed E-state index contributed by atoms with van der Waals surface area (Å²) < 4.78 is 23.1. The van der Waals surface area contributed by atoms with E-state index >= 15 is 0 Å². The molecular formula is C36H38Cl2N3O6S+. The highest BCUT2D eigenvalue weighted by Gasteiger charge is 2.52. The number of aromatic nitrogens is 1. The molecule has 252 valence electrons. The number of aromatic amines is 1. The van der Waals surface area contributed by atoms with Crippen LogP contribution in [0.15, 0.2) is 73.1 Å². The summed E-state index contributed by atoms with van der Waals surface area (Å²) in [5.74, 6) is 0.432. The topological polar surface area (TPSA) is 91.7 Å². The first kappa shape index (κ1) is 34.2. The van der Waals surface area contributed by atoms with E-state index in [1.54, 1.807) is 44.8 Å². The summed E-state index contributed by atoms with van der Waals surface area (Å²) in [6.07, 6.45) is 3.57. The van der Waals surface area contributed by atoms with Gasteiger partial charge in [-0.05, 0) is 48.9 Å². The lowest BCUT2D eigenvalue weighted by Gasteiger charge is -2.48. The normalized spacial score (nSPS) is 18.1. The van der Waals surface area contributed by atoms with Crippen molar-refractivity contribution < 1.29 is 33.5 Å². The number of hydrogen-bond donors (Lipinski definition) is 0. The first-order valence-corrected chi connectivity index (χ1v) is 17.3. The molecule has 9 nitrogen and oxygen atoms in total. The van der Waals surface area contributed by atoms with Crippen LogP contribution in [0.1, 0.15) is 43.8 Å². The number of likely N-dealkylation sites (tertiary alicyclic amines) is 2. The average molecular weight is 712 g/mol. The molecule has 4 aromatic rings. The molecule has 0 aliphatic carbocycles. The molecule has 2 aliphatic heterocycles. The largest absolute Gasteiger partial charge is 0.493 e. The first-order chi connectivity index (χ1) is 23.2. The van der Waals surface area contributed by atoms with Crippen LogP contribution >= 0.6 is 34.5 Å². The Hall–Kier alpha value is -3.67. The van der Waals surface area contributed by atoms with Crippen molar-refractivity contribution in [3.63, 3.8) is 0 Å². The van der Waals surface area contributed by atoms with Crippen LogP contribution in [0.4, 0.5) is 0 Å². The number of carbonyl (C=O) groups is 2. The van der Waals surface area contributed by atoms with E-state index in [2.05, 4.69) is 14.8 Å². The lowest BCUT2D eigenvalue weighted by molar-refractivity contribution is -0.377. The lowest BCUT2D eigenvalue weighted by Crippen LogP contribution is -2.63. The highest BCUT2D eigenvalue weighted by molar-refractivity contribution is 7.13. The molecule has 2 aliphatic rings. The maximum absolute atomic E-state index is 13.6. The van der Waals surface area contributed by atoms with E-state index in [9.17, 15) is 9.59 Å². The molecule has 2 aromatic carbocycles. The molecule has 0 spiro atoms. The number of pyridine rings is 1. The summed E-state index contributed by atoms with van der Waals surface area (Å²) >= 11 is 14.3. The van der Waals surface area contributed by atoms with Gasteiger partial charge in [0.25, 0.3) is 0 Å². The number of nitrogens with one attached hydrogen (secondary N) is 1. The van der Waals surface area contributed by atoms with Crippen LogP contribution in [0.2, 0.25) is 10.0 Å². The Kier molecular flexibility index (Phi) is 10.6. The summed E-state index contributed by atoms with van der Waals surface area (Å²) in [5.41, 5.74) is 1.60. The Bertz CT molecular complexity index is 1740. The van der Waals surface area contributed by atoms with Gasteiger partial charge >= 0.3 is 11.9 Å². The minimum absolute atomic E-state index is 0.0851. The number of H-pyrrole nitrogens is 1. The number of esters is 2. The number of rotatable bonds is 12. The minimum atomic E-state index is -0.716. The van der Waals surface area contributed by atoms with Gasteiger partial charge in [0.15, 0.2) is 23.9 Å². The number of ether oxygens (including phenoxy) is 4. The quantitative estimate of drug-likeness (QED) is 0.165. The number of carbonyl (C=O) groups excluding carboxylic acids is 2. The standard InChI is InChI=1S/C36H37Cl2N3O6S/c1-40-14-13-25(19-40)46-35(43)36(24-7-5-4-6-8-24)21-41(22-36)20-26-10-12-33(48-26)34(42)47-31(16-27-28(37)17-39-18-29(27)38)23-9-11-30(44-2)32(15-23)45-3/h4-12,15,17-18,25,31H,13-14,16,19-22H2,1-3H3/p+1/t25-,31+/m1/s1. The third kappa shape index (κ3) is 7.33. The number of likely N-dealkylation sites (N-methyl/N-ethyl adjacent to an activating group) is 1. The molecule has 2 saturated heterocycles. The monoisotopic (exact) mass is 710 g/mol. The number of benzene rings is 2. The zero-order valence-corrected chi connectivity index (χ0v) is 29.4. The summed E-state index contributed by atoms with van der Waals surface area (Å²) in [6, 6.07) is 19.0. The second-order valence-corrected chi connectivity index (χ2v) is 14.3. The van der Waals surface area contributed by atoms with Gasteiger partial charge in [-0.15, -0.1) is 11.3 Å². The van der Waals surface area contributed by atoms with Crippen molar-refractivity contribution in [2.75, 3.05) is 47.4 Å². The van der Waals surface area contributed by atoms with Crippen LogP contribution in [-0.2, 0) is 32.6 Å². The van der Waals surface area contributed by atoms with Gasteiger partial charge in [-0.2, -0.15) is 0 Å². The fourth-order valence-electron chi connectivity index (χ4n) is 6.39. The molecule has 0 amide bonds. The highest BCUT2D eigenvalue weighted by Crippen LogP contribution is 2.39. The van der Waals surface area contributed by atoms with E-state index in [0.717, 1.165) is 30.0 Å². The van der Waals surface area contributed by atoms with E-state index in [-0.39, 0.29) is 18.5 Å². The molecule has 2 atom stereocenters. The Balaban J connectivity index is 1.16. The van der Waals surface area contributed by atoms with Gasteiger partial charge in [0.2, 0.25) is 0 Å². The van der Waals surface area contributed by atoms with Crippen molar-refractivity contribution >= 4 is 46.5 Å². The van der Waals surface area contributed by atoms with Crippen LogP contribution in [-0.4, -0.2) is 75.3 Å². The second kappa shape index (κ2) is 14.8. The van der Waals surface area contributed by atoms with Crippen molar-refractivity contribution in [1.82, 2.24) is 9.80 Å². The van der Waals surface area contributed by atoms with E-state index in [0.29, 0.717) is 57.2 Å². The Labute approximate surface area is 294 Å². The van der Waals surface area contributed by atoms with Crippen LogP contribution in [0.25, 0.3) is 0 Å². The molecule has 0 unspecified atom stereocenters. The molecule has 2 aromatic heterocycles. The number of nitrogens with zero attached hydrogens (tertiary/aromatic N) is 2. The Morgan fingerprint density at radius 3 is 2.40 bits per heavy atom. The van der Waals surface area contributed by atoms with Gasteiger partial charge in [-0.3, -0.25) is 9.69 Å². The zero-order valence-electron chi connectivity index (χ0n) is 27.0. The number of halogens is 2. The van der Waals surface area contributed by atoms with Crippen LogP contribution in [0, 0.1) is 0 Å². The molecule has 12 heteroatoms.